The predicted octanol–water partition coefficient (Wildman–Crippen LogP) is 6.31. The zero-order chi connectivity index (χ0) is 21.8. The van der Waals surface area contributed by atoms with Crippen molar-refractivity contribution in [3.05, 3.63) is 82.3 Å². The second-order valence-corrected chi connectivity index (χ2v) is 8.37. The Hall–Kier alpha value is -3.03. The summed E-state index contributed by atoms with van der Waals surface area (Å²) in [7, 11) is 0. The summed E-state index contributed by atoms with van der Waals surface area (Å²) in [4.78, 5) is 16.3. The number of carbonyl (C=O) groups excluding carboxylic acids is 1. The molecule has 1 amide bonds. The SMILES string of the molecule is CCCN(Cc1nnc(-c2ccccc2Cl)o1)C(=O)c1ccc(-c2ccc(F)cc2)s1. The topological polar surface area (TPSA) is 59.2 Å². The zero-order valence-electron chi connectivity index (χ0n) is 16.7. The van der Waals surface area contributed by atoms with E-state index in [2.05, 4.69) is 10.2 Å². The third-order valence-corrected chi connectivity index (χ3v) is 6.08. The van der Waals surface area contributed by atoms with Crippen LogP contribution in [0.2, 0.25) is 5.02 Å². The standard InChI is InChI=1S/C23H19ClFN3O2S/c1-2-13-28(14-21-26-27-22(30-21)17-5-3-4-6-18(17)24)23(29)20-12-11-19(31-20)15-7-9-16(25)10-8-15/h3-12H,2,13-14H2,1H3. The number of hydrogen-bond acceptors (Lipinski definition) is 5. The molecule has 4 rings (SSSR count). The Morgan fingerprint density at radius 3 is 2.61 bits per heavy atom. The van der Waals surface area contributed by atoms with E-state index in [0.717, 1.165) is 16.9 Å². The quantitative estimate of drug-likeness (QED) is 0.327. The lowest BCUT2D eigenvalue weighted by molar-refractivity contribution is 0.0733. The molecule has 0 radical (unpaired) electrons. The van der Waals surface area contributed by atoms with Crippen molar-refractivity contribution in [3.63, 3.8) is 0 Å². The minimum Gasteiger partial charge on any atom is -0.419 e. The third-order valence-electron chi connectivity index (χ3n) is 4.62. The summed E-state index contributed by atoms with van der Waals surface area (Å²) in [5.41, 5.74) is 1.52. The van der Waals surface area contributed by atoms with Crippen molar-refractivity contribution >= 4 is 28.8 Å². The molecular formula is C23H19ClFN3O2S. The largest absolute Gasteiger partial charge is 0.419 e. The van der Waals surface area contributed by atoms with Crippen LogP contribution in [0.3, 0.4) is 0 Å². The highest BCUT2D eigenvalue weighted by Crippen LogP contribution is 2.30. The highest BCUT2D eigenvalue weighted by Gasteiger charge is 2.21. The number of nitrogens with zero attached hydrogens (tertiary/aromatic N) is 3. The first-order valence-electron chi connectivity index (χ1n) is 9.77. The molecule has 0 saturated carbocycles. The van der Waals surface area contributed by atoms with E-state index < -0.39 is 0 Å². The Kier molecular flexibility index (Phi) is 6.44. The number of benzene rings is 2. The van der Waals surface area contributed by atoms with Gasteiger partial charge in [-0.1, -0.05) is 42.8 Å². The molecule has 4 aromatic rings. The zero-order valence-corrected chi connectivity index (χ0v) is 18.3. The number of rotatable bonds is 7. The van der Waals surface area contributed by atoms with E-state index in [1.165, 1.54) is 23.5 Å². The molecule has 2 aromatic heterocycles. The Morgan fingerprint density at radius 1 is 1.10 bits per heavy atom. The number of aromatic nitrogens is 2. The van der Waals surface area contributed by atoms with Crippen molar-refractivity contribution in [2.75, 3.05) is 6.54 Å². The van der Waals surface area contributed by atoms with Gasteiger partial charge < -0.3 is 9.32 Å². The first kappa shape index (κ1) is 21.2. The average Bonchev–Trinajstić information content (AvgIpc) is 3.44. The average molecular weight is 456 g/mol. The fraction of sp³-hybridized carbons (Fsp3) is 0.174. The van der Waals surface area contributed by atoms with Gasteiger partial charge in [-0.2, -0.15) is 0 Å². The van der Waals surface area contributed by atoms with Crippen molar-refractivity contribution in [1.82, 2.24) is 15.1 Å². The molecule has 0 unspecified atom stereocenters. The maximum atomic E-state index is 13.2. The second-order valence-electron chi connectivity index (χ2n) is 6.88. The second kappa shape index (κ2) is 9.41. The fourth-order valence-corrected chi connectivity index (χ4v) is 4.32. The van der Waals surface area contributed by atoms with Gasteiger partial charge in [0.1, 0.15) is 5.82 Å². The van der Waals surface area contributed by atoms with Crippen LogP contribution in [-0.4, -0.2) is 27.5 Å². The van der Waals surface area contributed by atoms with Crippen molar-refractivity contribution in [1.29, 1.82) is 0 Å². The first-order valence-corrected chi connectivity index (χ1v) is 11.0. The molecule has 31 heavy (non-hydrogen) atoms. The van der Waals surface area contributed by atoms with Crippen LogP contribution in [-0.2, 0) is 6.54 Å². The molecule has 0 aliphatic rings. The van der Waals surface area contributed by atoms with E-state index in [1.807, 2.05) is 25.1 Å². The van der Waals surface area contributed by atoms with Gasteiger partial charge in [-0.05, 0) is 48.4 Å². The lowest BCUT2D eigenvalue weighted by Gasteiger charge is -2.19. The van der Waals surface area contributed by atoms with E-state index in [-0.39, 0.29) is 18.3 Å². The van der Waals surface area contributed by atoms with Gasteiger partial charge in [0, 0.05) is 11.4 Å². The van der Waals surface area contributed by atoms with Crippen LogP contribution in [0.25, 0.3) is 21.9 Å². The number of carbonyl (C=O) groups is 1. The smallest absolute Gasteiger partial charge is 0.264 e. The molecular weight excluding hydrogens is 437 g/mol. The maximum Gasteiger partial charge on any atom is 0.264 e. The summed E-state index contributed by atoms with van der Waals surface area (Å²) in [6.07, 6.45) is 0.785. The van der Waals surface area contributed by atoms with E-state index in [4.69, 9.17) is 16.0 Å². The molecule has 0 aliphatic carbocycles. The Morgan fingerprint density at radius 2 is 1.87 bits per heavy atom. The van der Waals surface area contributed by atoms with Crippen LogP contribution in [0.1, 0.15) is 28.9 Å². The Labute approximate surface area is 188 Å². The van der Waals surface area contributed by atoms with Gasteiger partial charge in [0.05, 0.1) is 22.0 Å². The molecule has 2 aromatic carbocycles. The van der Waals surface area contributed by atoms with Crippen LogP contribution in [0.5, 0.6) is 0 Å². The minimum absolute atomic E-state index is 0.113. The van der Waals surface area contributed by atoms with E-state index >= 15 is 0 Å². The number of amides is 1. The molecule has 8 heteroatoms. The summed E-state index contributed by atoms with van der Waals surface area (Å²) in [5, 5.41) is 8.69. The number of halogens is 2. The molecule has 0 saturated heterocycles. The highest BCUT2D eigenvalue weighted by atomic mass is 35.5. The lowest BCUT2D eigenvalue weighted by Crippen LogP contribution is -2.30. The Balaban J connectivity index is 1.52. The maximum absolute atomic E-state index is 13.2. The van der Waals surface area contributed by atoms with E-state index in [9.17, 15) is 9.18 Å². The predicted molar refractivity (Wildman–Crippen MR) is 119 cm³/mol. The highest BCUT2D eigenvalue weighted by molar-refractivity contribution is 7.17. The molecule has 0 spiro atoms. The molecule has 2 heterocycles. The molecule has 0 aliphatic heterocycles. The van der Waals surface area contributed by atoms with Gasteiger partial charge >= 0.3 is 0 Å². The monoisotopic (exact) mass is 455 g/mol. The van der Waals surface area contributed by atoms with Crippen LogP contribution >= 0.6 is 22.9 Å². The van der Waals surface area contributed by atoms with E-state index in [1.54, 1.807) is 35.2 Å². The molecule has 0 fully saturated rings. The van der Waals surface area contributed by atoms with Crippen molar-refractivity contribution in [2.24, 2.45) is 0 Å². The van der Waals surface area contributed by atoms with Crippen LogP contribution in [0, 0.1) is 5.82 Å². The summed E-state index contributed by atoms with van der Waals surface area (Å²) >= 11 is 7.57. The van der Waals surface area contributed by atoms with Gasteiger partial charge in [0.25, 0.3) is 5.91 Å². The Bertz CT molecular complexity index is 1190. The molecule has 0 N–H and O–H groups in total. The first-order chi connectivity index (χ1) is 15.0. The fourth-order valence-electron chi connectivity index (χ4n) is 3.12. The van der Waals surface area contributed by atoms with Crippen LogP contribution in [0.15, 0.2) is 65.1 Å². The number of thiophene rings is 1. The van der Waals surface area contributed by atoms with Crippen molar-refractivity contribution in [3.8, 4) is 21.9 Å². The van der Waals surface area contributed by atoms with Gasteiger partial charge in [-0.3, -0.25) is 4.79 Å². The van der Waals surface area contributed by atoms with E-state index in [0.29, 0.717) is 33.8 Å². The van der Waals surface area contributed by atoms with Crippen molar-refractivity contribution in [2.45, 2.75) is 19.9 Å². The van der Waals surface area contributed by atoms with Gasteiger partial charge in [-0.15, -0.1) is 21.5 Å². The lowest BCUT2D eigenvalue weighted by atomic mass is 10.2. The summed E-state index contributed by atoms with van der Waals surface area (Å²) in [6.45, 7) is 2.75. The van der Waals surface area contributed by atoms with Gasteiger partial charge in [0.15, 0.2) is 0 Å². The minimum atomic E-state index is -0.290. The normalized spacial score (nSPS) is 10.9. The van der Waals surface area contributed by atoms with Crippen LogP contribution in [0.4, 0.5) is 4.39 Å². The van der Waals surface area contributed by atoms with Crippen molar-refractivity contribution < 1.29 is 13.6 Å². The molecule has 158 valence electrons. The molecule has 0 bridgehead atoms. The molecule has 5 nitrogen and oxygen atoms in total. The summed E-state index contributed by atoms with van der Waals surface area (Å²) in [5.74, 6) is 0.255. The summed E-state index contributed by atoms with van der Waals surface area (Å²) < 4.78 is 18.9. The molecule has 0 atom stereocenters. The third kappa shape index (κ3) is 4.84. The number of hydrogen-bond donors (Lipinski definition) is 0. The van der Waals surface area contributed by atoms with Gasteiger partial charge in [-0.25, -0.2) is 4.39 Å². The summed E-state index contributed by atoms with van der Waals surface area (Å²) in [6, 6.07) is 17.1. The van der Waals surface area contributed by atoms with Crippen LogP contribution < -0.4 is 0 Å². The van der Waals surface area contributed by atoms with Gasteiger partial charge in [0.2, 0.25) is 11.8 Å².